The van der Waals surface area contributed by atoms with Gasteiger partial charge in [0.2, 0.25) is 5.91 Å². The van der Waals surface area contributed by atoms with Gasteiger partial charge in [0.15, 0.2) is 0 Å². The van der Waals surface area contributed by atoms with Crippen LogP contribution >= 0.6 is 24.8 Å². The number of ether oxygens (including phenoxy) is 1. The molecule has 2 N–H and O–H groups in total. The zero-order chi connectivity index (χ0) is 15.2. The molecular formula is C15H24Cl2FN3O2. The average Bonchev–Trinajstić information content (AvgIpc) is 2.49. The van der Waals surface area contributed by atoms with Crippen LogP contribution in [0.1, 0.15) is 11.6 Å². The summed E-state index contributed by atoms with van der Waals surface area (Å²) in [5.41, 5.74) is 0.967. The van der Waals surface area contributed by atoms with Crippen LogP contribution in [0.2, 0.25) is 0 Å². The van der Waals surface area contributed by atoms with Gasteiger partial charge in [0.25, 0.3) is 0 Å². The van der Waals surface area contributed by atoms with Gasteiger partial charge in [0, 0.05) is 13.1 Å². The molecule has 2 unspecified atom stereocenters. The molecule has 0 aliphatic carbocycles. The Morgan fingerprint density at radius 2 is 2.04 bits per heavy atom. The standard InChI is InChI=1S/C15H22FN3O2.2ClH/c1-19(2)14(11-3-5-12(16)6-4-11)9-18-15(20)13-10-21-8-7-17-13;;/h3-6,13-14,17H,7-10H2,1-2H3,(H,18,20);2*1H. The van der Waals surface area contributed by atoms with E-state index in [0.29, 0.717) is 26.3 Å². The fourth-order valence-electron chi connectivity index (χ4n) is 2.34. The third-order valence-electron chi connectivity index (χ3n) is 3.59. The monoisotopic (exact) mass is 367 g/mol. The van der Waals surface area contributed by atoms with E-state index >= 15 is 0 Å². The van der Waals surface area contributed by atoms with Crippen molar-refractivity contribution in [1.29, 1.82) is 0 Å². The van der Waals surface area contributed by atoms with Crippen LogP contribution in [0.4, 0.5) is 4.39 Å². The first-order valence-corrected chi connectivity index (χ1v) is 7.08. The largest absolute Gasteiger partial charge is 0.378 e. The molecule has 0 spiro atoms. The average molecular weight is 368 g/mol. The van der Waals surface area contributed by atoms with Gasteiger partial charge in [-0.2, -0.15) is 0 Å². The number of carbonyl (C=O) groups is 1. The summed E-state index contributed by atoms with van der Waals surface area (Å²) in [5.74, 6) is -0.326. The molecule has 2 rings (SSSR count). The van der Waals surface area contributed by atoms with Gasteiger partial charge >= 0.3 is 0 Å². The Morgan fingerprint density at radius 1 is 1.39 bits per heavy atom. The van der Waals surface area contributed by atoms with Gasteiger partial charge in [-0.1, -0.05) is 12.1 Å². The summed E-state index contributed by atoms with van der Waals surface area (Å²) in [6, 6.07) is 6.06. The lowest BCUT2D eigenvalue weighted by molar-refractivity contribution is -0.126. The molecule has 23 heavy (non-hydrogen) atoms. The highest BCUT2D eigenvalue weighted by molar-refractivity contribution is 5.85. The van der Waals surface area contributed by atoms with Gasteiger partial charge in [-0.3, -0.25) is 4.79 Å². The summed E-state index contributed by atoms with van der Waals surface area (Å²) < 4.78 is 18.3. The van der Waals surface area contributed by atoms with Crippen LogP contribution in [0, 0.1) is 5.82 Å². The van der Waals surface area contributed by atoms with Gasteiger partial charge in [0.1, 0.15) is 11.9 Å². The first kappa shape index (κ1) is 22.1. The molecule has 5 nitrogen and oxygen atoms in total. The normalized spacial score (nSPS) is 18.5. The quantitative estimate of drug-likeness (QED) is 0.825. The third kappa shape index (κ3) is 6.61. The van der Waals surface area contributed by atoms with E-state index in [2.05, 4.69) is 10.6 Å². The Morgan fingerprint density at radius 3 is 2.57 bits per heavy atom. The maximum absolute atomic E-state index is 13.0. The number of hydrogen-bond acceptors (Lipinski definition) is 4. The van der Waals surface area contributed by atoms with E-state index in [0.717, 1.165) is 5.56 Å². The first-order chi connectivity index (χ1) is 10.1. The molecule has 2 atom stereocenters. The summed E-state index contributed by atoms with van der Waals surface area (Å²) in [5, 5.41) is 6.05. The lowest BCUT2D eigenvalue weighted by Gasteiger charge is -2.27. The topological polar surface area (TPSA) is 53.6 Å². The molecule has 1 fully saturated rings. The fourth-order valence-corrected chi connectivity index (χ4v) is 2.34. The zero-order valence-electron chi connectivity index (χ0n) is 13.3. The molecule has 0 saturated carbocycles. The second-order valence-corrected chi connectivity index (χ2v) is 5.36. The Hall–Kier alpha value is -0.920. The number of hydrogen-bond donors (Lipinski definition) is 2. The Labute approximate surface area is 148 Å². The van der Waals surface area contributed by atoms with Gasteiger partial charge in [-0.15, -0.1) is 24.8 Å². The molecular weight excluding hydrogens is 344 g/mol. The van der Waals surface area contributed by atoms with Gasteiger partial charge < -0.3 is 20.3 Å². The van der Waals surface area contributed by atoms with Crippen molar-refractivity contribution < 1.29 is 13.9 Å². The minimum Gasteiger partial charge on any atom is -0.378 e. The maximum atomic E-state index is 13.0. The molecule has 8 heteroatoms. The summed E-state index contributed by atoms with van der Waals surface area (Å²) >= 11 is 0. The van der Waals surface area contributed by atoms with Crippen LogP contribution in [-0.4, -0.2) is 57.2 Å². The molecule has 1 amide bonds. The van der Waals surface area contributed by atoms with Crippen LogP contribution in [0.3, 0.4) is 0 Å². The number of nitrogens with zero attached hydrogens (tertiary/aromatic N) is 1. The summed E-state index contributed by atoms with van der Waals surface area (Å²) in [4.78, 5) is 14.1. The predicted octanol–water partition coefficient (Wildman–Crippen LogP) is 1.38. The fraction of sp³-hybridized carbons (Fsp3) is 0.533. The second-order valence-electron chi connectivity index (χ2n) is 5.36. The van der Waals surface area contributed by atoms with E-state index in [1.165, 1.54) is 12.1 Å². The molecule has 0 bridgehead atoms. The van der Waals surface area contributed by atoms with Crippen molar-refractivity contribution in [1.82, 2.24) is 15.5 Å². The first-order valence-electron chi connectivity index (χ1n) is 7.08. The number of likely N-dealkylation sites (N-methyl/N-ethyl adjacent to an activating group) is 1. The second kappa shape index (κ2) is 10.8. The minimum absolute atomic E-state index is 0. The molecule has 1 aromatic rings. The van der Waals surface area contributed by atoms with Crippen molar-refractivity contribution in [3.05, 3.63) is 35.6 Å². The molecule has 1 heterocycles. The predicted molar refractivity (Wildman–Crippen MR) is 92.9 cm³/mol. The van der Waals surface area contributed by atoms with Crippen LogP contribution < -0.4 is 10.6 Å². The number of nitrogens with one attached hydrogen (secondary N) is 2. The molecule has 1 aliphatic rings. The van der Waals surface area contributed by atoms with Gasteiger partial charge in [0.05, 0.1) is 19.3 Å². The SMILES string of the molecule is CN(C)C(CNC(=O)C1COCCN1)c1ccc(F)cc1.Cl.Cl. The molecule has 0 radical (unpaired) electrons. The number of carbonyl (C=O) groups excluding carboxylic acids is 1. The van der Waals surface area contributed by atoms with Gasteiger partial charge in [-0.25, -0.2) is 4.39 Å². The molecule has 1 aromatic carbocycles. The number of halogens is 3. The van der Waals surface area contributed by atoms with Crippen molar-refractivity contribution >= 4 is 30.7 Å². The highest BCUT2D eigenvalue weighted by Crippen LogP contribution is 2.17. The third-order valence-corrected chi connectivity index (χ3v) is 3.59. The van der Waals surface area contributed by atoms with E-state index in [1.54, 1.807) is 12.1 Å². The number of amides is 1. The summed E-state index contributed by atoms with van der Waals surface area (Å²) in [7, 11) is 3.87. The lowest BCUT2D eigenvalue weighted by Crippen LogP contribution is -2.52. The van der Waals surface area contributed by atoms with Crippen molar-refractivity contribution in [2.24, 2.45) is 0 Å². The highest BCUT2D eigenvalue weighted by Gasteiger charge is 2.22. The smallest absolute Gasteiger partial charge is 0.239 e. The molecule has 1 aliphatic heterocycles. The van der Waals surface area contributed by atoms with E-state index in [-0.39, 0.29) is 48.6 Å². The number of rotatable bonds is 5. The summed E-state index contributed by atoms with van der Waals surface area (Å²) in [6.45, 7) is 2.19. The molecule has 0 aromatic heterocycles. The van der Waals surface area contributed by atoms with Crippen LogP contribution in [-0.2, 0) is 9.53 Å². The number of benzene rings is 1. The van der Waals surface area contributed by atoms with Crippen LogP contribution in [0.15, 0.2) is 24.3 Å². The van der Waals surface area contributed by atoms with E-state index in [1.807, 2.05) is 19.0 Å². The Kier molecular flexibility index (Phi) is 10.3. The zero-order valence-corrected chi connectivity index (χ0v) is 14.9. The molecule has 132 valence electrons. The number of morpholine rings is 1. The Balaban J connectivity index is 0.00000242. The van der Waals surface area contributed by atoms with Crippen LogP contribution in [0.5, 0.6) is 0 Å². The van der Waals surface area contributed by atoms with Crippen LogP contribution in [0.25, 0.3) is 0 Å². The molecule has 1 saturated heterocycles. The van der Waals surface area contributed by atoms with Gasteiger partial charge in [-0.05, 0) is 31.8 Å². The lowest BCUT2D eigenvalue weighted by atomic mass is 10.1. The van der Waals surface area contributed by atoms with Crippen molar-refractivity contribution in [3.63, 3.8) is 0 Å². The van der Waals surface area contributed by atoms with E-state index in [4.69, 9.17) is 4.74 Å². The van der Waals surface area contributed by atoms with E-state index < -0.39 is 0 Å². The maximum Gasteiger partial charge on any atom is 0.239 e. The highest BCUT2D eigenvalue weighted by atomic mass is 35.5. The van der Waals surface area contributed by atoms with Crippen molar-refractivity contribution in [2.75, 3.05) is 40.4 Å². The summed E-state index contributed by atoms with van der Waals surface area (Å²) in [6.07, 6.45) is 0. The minimum atomic E-state index is -0.296. The Bertz CT molecular complexity index is 468. The van der Waals surface area contributed by atoms with Crippen molar-refractivity contribution in [3.8, 4) is 0 Å². The van der Waals surface area contributed by atoms with E-state index in [9.17, 15) is 9.18 Å². The van der Waals surface area contributed by atoms with Crippen molar-refractivity contribution in [2.45, 2.75) is 12.1 Å².